The number of anilines is 2. The highest BCUT2D eigenvalue weighted by Crippen LogP contribution is 2.24. The summed E-state index contributed by atoms with van der Waals surface area (Å²) in [6, 6.07) is 13.1. The number of hydrogen-bond acceptors (Lipinski definition) is 3. The normalized spacial score (nSPS) is 10.8. The van der Waals surface area contributed by atoms with Crippen molar-refractivity contribution >= 4 is 23.2 Å². The Morgan fingerprint density at radius 1 is 0.963 bits per heavy atom. The summed E-state index contributed by atoms with van der Waals surface area (Å²) in [7, 11) is 0. The Bertz CT molecular complexity index is 813. The predicted octanol–water partition coefficient (Wildman–Crippen LogP) is 4.73. The van der Waals surface area contributed by atoms with Gasteiger partial charge < -0.3 is 15.4 Å². The molecule has 0 aliphatic heterocycles. The first-order valence-electron chi connectivity index (χ1n) is 9.20. The highest BCUT2D eigenvalue weighted by Gasteiger charge is 2.10. The van der Waals surface area contributed by atoms with Crippen LogP contribution in [0.25, 0.3) is 0 Å². The van der Waals surface area contributed by atoms with Crippen molar-refractivity contribution in [1.82, 2.24) is 0 Å². The molecule has 0 fully saturated rings. The van der Waals surface area contributed by atoms with Crippen LogP contribution in [0, 0.1) is 12.8 Å². The SMILES string of the molecule is Cc1ccc(C(C)C)cc1OCC(=O)Nc1cccc(NC(=O)C(C)C)c1. The first kappa shape index (κ1) is 20.5. The number of carbonyl (C=O) groups excluding carboxylic acids is 2. The molecular formula is C22H28N2O3. The fraction of sp³-hybridized carbons (Fsp3) is 0.364. The summed E-state index contributed by atoms with van der Waals surface area (Å²) in [6.45, 7) is 9.77. The highest BCUT2D eigenvalue weighted by molar-refractivity contribution is 5.95. The number of ether oxygens (including phenoxy) is 1. The van der Waals surface area contributed by atoms with Crippen LogP contribution in [-0.4, -0.2) is 18.4 Å². The van der Waals surface area contributed by atoms with Gasteiger partial charge in [-0.1, -0.05) is 45.9 Å². The van der Waals surface area contributed by atoms with E-state index in [0.717, 1.165) is 5.56 Å². The second-order valence-corrected chi connectivity index (χ2v) is 7.24. The van der Waals surface area contributed by atoms with Crippen LogP contribution in [0.3, 0.4) is 0 Å². The van der Waals surface area contributed by atoms with Crippen LogP contribution < -0.4 is 15.4 Å². The molecule has 5 nitrogen and oxygen atoms in total. The van der Waals surface area contributed by atoms with E-state index in [-0.39, 0.29) is 24.3 Å². The number of nitrogens with one attached hydrogen (secondary N) is 2. The van der Waals surface area contributed by atoms with Crippen molar-refractivity contribution in [2.75, 3.05) is 17.2 Å². The number of rotatable bonds is 7. The van der Waals surface area contributed by atoms with Gasteiger partial charge in [-0.05, 0) is 48.2 Å². The minimum Gasteiger partial charge on any atom is -0.483 e. The van der Waals surface area contributed by atoms with Gasteiger partial charge in [0.05, 0.1) is 0 Å². The van der Waals surface area contributed by atoms with Gasteiger partial charge in [0.25, 0.3) is 5.91 Å². The average molecular weight is 368 g/mol. The first-order valence-corrected chi connectivity index (χ1v) is 9.20. The van der Waals surface area contributed by atoms with E-state index in [2.05, 4.69) is 30.5 Å². The zero-order valence-electron chi connectivity index (χ0n) is 16.6. The molecule has 0 radical (unpaired) electrons. The van der Waals surface area contributed by atoms with Crippen molar-refractivity contribution in [1.29, 1.82) is 0 Å². The molecule has 0 aromatic heterocycles. The molecule has 2 amide bonds. The molecule has 0 saturated heterocycles. The lowest BCUT2D eigenvalue weighted by molar-refractivity contribution is -0.119. The molecule has 2 aromatic rings. The molecule has 144 valence electrons. The van der Waals surface area contributed by atoms with Gasteiger partial charge in [-0.25, -0.2) is 0 Å². The van der Waals surface area contributed by atoms with Crippen LogP contribution in [0.5, 0.6) is 5.75 Å². The second-order valence-electron chi connectivity index (χ2n) is 7.24. The number of carbonyl (C=O) groups is 2. The van der Waals surface area contributed by atoms with Gasteiger partial charge in [0.2, 0.25) is 5.91 Å². The molecule has 0 unspecified atom stereocenters. The molecule has 27 heavy (non-hydrogen) atoms. The van der Waals surface area contributed by atoms with Crippen LogP contribution in [-0.2, 0) is 9.59 Å². The molecule has 2 aromatic carbocycles. The molecule has 0 atom stereocenters. The summed E-state index contributed by atoms with van der Waals surface area (Å²) in [5.74, 6) is 0.681. The summed E-state index contributed by atoms with van der Waals surface area (Å²) in [5, 5.41) is 5.61. The summed E-state index contributed by atoms with van der Waals surface area (Å²) in [4.78, 5) is 24.0. The third-order valence-electron chi connectivity index (χ3n) is 4.18. The Kier molecular flexibility index (Phi) is 6.99. The minimum atomic E-state index is -0.253. The molecule has 2 N–H and O–H groups in total. The number of aryl methyl sites for hydroxylation is 1. The Balaban J connectivity index is 1.96. The van der Waals surface area contributed by atoms with Crippen LogP contribution in [0.4, 0.5) is 11.4 Å². The fourth-order valence-corrected chi connectivity index (χ4v) is 2.43. The number of benzene rings is 2. The number of hydrogen-bond donors (Lipinski definition) is 2. The van der Waals surface area contributed by atoms with Crippen molar-refractivity contribution in [2.24, 2.45) is 5.92 Å². The first-order chi connectivity index (χ1) is 12.8. The van der Waals surface area contributed by atoms with Crippen LogP contribution >= 0.6 is 0 Å². The molecule has 5 heteroatoms. The van der Waals surface area contributed by atoms with Crippen molar-refractivity contribution in [3.05, 3.63) is 53.6 Å². The van der Waals surface area contributed by atoms with Crippen LogP contribution in [0.15, 0.2) is 42.5 Å². The zero-order valence-corrected chi connectivity index (χ0v) is 16.6. The Labute approximate surface area is 161 Å². The second kappa shape index (κ2) is 9.21. The van der Waals surface area contributed by atoms with Crippen molar-refractivity contribution < 1.29 is 14.3 Å². The smallest absolute Gasteiger partial charge is 0.262 e. The lowest BCUT2D eigenvalue weighted by atomic mass is 10.0. The van der Waals surface area contributed by atoms with Gasteiger partial charge in [0.15, 0.2) is 6.61 Å². The highest BCUT2D eigenvalue weighted by atomic mass is 16.5. The summed E-state index contributed by atoms with van der Waals surface area (Å²) < 4.78 is 5.71. The topological polar surface area (TPSA) is 67.4 Å². The van der Waals surface area contributed by atoms with Gasteiger partial charge in [-0.2, -0.15) is 0 Å². The van der Waals surface area contributed by atoms with Crippen LogP contribution in [0.2, 0.25) is 0 Å². The fourth-order valence-electron chi connectivity index (χ4n) is 2.43. The summed E-state index contributed by atoms with van der Waals surface area (Å²) in [5.41, 5.74) is 3.42. The lowest BCUT2D eigenvalue weighted by Crippen LogP contribution is -2.21. The van der Waals surface area contributed by atoms with E-state index < -0.39 is 0 Å². The van der Waals surface area contributed by atoms with Crippen molar-refractivity contribution in [3.63, 3.8) is 0 Å². The Morgan fingerprint density at radius 3 is 2.26 bits per heavy atom. The minimum absolute atomic E-state index is 0.0673. The Hall–Kier alpha value is -2.82. The van der Waals surface area contributed by atoms with E-state index in [1.165, 1.54) is 5.56 Å². The maximum absolute atomic E-state index is 12.2. The van der Waals surface area contributed by atoms with Gasteiger partial charge >= 0.3 is 0 Å². The molecule has 0 heterocycles. The summed E-state index contributed by atoms with van der Waals surface area (Å²) >= 11 is 0. The molecule has 2 rings (SSSR count). The van der Waals surface area contributed by atoms with Gasteiger partial charge in [0, 0.05) is 17.3 Å². The van der Waals surface area contributed by atoms with Crippen molar-refractivity contribution in [2.45, 2.75) is 40.5 Å². The van der Waals surface area contributed by atoms with Gasteiger partial charge in [-0.3, -0.25) is 9.59 Å². The summed E-state index contributed by atoms with van der Waals surface area (Å²) in [6.07, 6.45) is 0. The van der Waals surface area contributed by atoms with E-state index >= 15 is 0 Å². The standard InChI is InChI=1S/C22H28N2O3/c1-14(2)17-10-9-16(5)20(11-17)27-13-21(25)23-18-7-6-8-19(12-18)24-22(26)15(3)4/h6-12,14-15H,13H2,1-5H3,(H,23,25)(H,24,26). The van der Waals surface area contributed by atoms with E-state index in [9.17, 15) is 9.59 Å². The Morgan fingerprint density at radius 2 is 1.63 bits per heavy atom. The lowest BCUT2D eigenvalue weighted by Gasteiger charge is -2.13. The molecule has 0 aliphatic rings. The maximum Gasteiger partial charge on any atom is 0.262 e. The third kappa shape index (κ3) is 6.13. The van der Waals surface area contributed by atoms with Crippen molar-refractivity contribution in [3.8, 4) is 5.75 Å². The third-order valence-corrected chi connectivity index (χ3v) is 4.18. The van der Waals surface area contributed by atoms with Gasteiger partial charge in [-0.15, -0.1) is 0 Å². The van der Waals surface area contributed by atoms with E-state index in [1.54, 1.807) is 24.3 Å². The molecule has 0 saturated carbocycles. The predicted molar refractivity (Wildman–Crippen MR) is 109 cm³/mol. The van der Waals surface area contributed by atoms with E-state index in [4.69, 9.17) is 4.74 Å². The maximum atomic E-state index is 12.2. The average Bonchev–Trinajstić information content (AvgIpc) is 2.61. The molecule has 0 spiro atoms. The number of amides is 2. The quantitative estimate of drug-likeness (QED) is 0.742. The molecule has 0 aliphatic carbocycles. The van der Waals surface area contributed by atoms with Crippen LogP contribution in [0.1, 0.15) is 44.7 Å². The monoisotopic (exact) mass is 368 g/mol. The zero-order chi connectivity index (χ0) is 20.0. The van der Waals surface area contributed by atoms with E-state index in [0.29, 0.717) is 23.0 Å². The van der Waals surface area contributed by atoms with Gasteiger partial charge in [0.1, 0.15) is 5.75 Å². The molecule has 0 bridgehead atoms. The van der Waals surface area contributed by atoms with E-state index in [1.807, 2.05) is 32.9 Å². The largest absolute Gasteiger partial charge is 0.483 e. The molecular weight excluding hydrogens is 340 g/mol.